The Hall–Kier alpha value is -1.96. The van der Waals surface area contributed by atoms with Crippen molar-refractivity contribution in [1.29, 1.82) is 0 Å². The van der Waals surface area contributed by atoms with Crippen molar-refractivity contribution in [2.75, 3.05) is 37.5 Å². The fraction of sp³-hybridized carbons (Fsp3) is 0.692. The van der Waals surface area contributed by atoms with Crippen LogP contribution < -0.4 is 10.2 Å². The minimum atomic E-state index is -0.424. The van der Waals surface area contributed by atoms with Crippen molar-refractivity contribution in [3.63, 3.8) is 0 Å². The molecule has 1 aromatic rings. The van der Waals surface area contributed by atoms with Crippen LogP contribution in [0.5, 0.6) is 0 Å². The van der Waals surface area contributed by atoms with E-state index in [1.165, 1.54) is 0 Å². The van der Waals surface area contributed by atoms with Crippen LogP contribution in [0.15, 0.2) is 0 Å². The zero-order valence-corrected chi connectivity index (χ0v) is 13.2. The van der Waals surface area contributed by atoms with Crippen LogP contribution in [0.25, 0.3) is 0 Å². The number of nitrogens with zero attached hydrogens (tertiary/aromatic N) is 4. The van der Waals surface area contributed by atoms with E-state index in [1.54, 1.807) is 21.1 Å². The van der Waals surface area contributed by atoms with Crippen LogP contribution in [0.4, 0.5) is 17.5 Å². The smallest absolute Gasteiger partial charge is 0.332 e. The third-order valence-electron chi connectivity index (χ3n) is 3.38. The lowest BCUT2D eigenvalue weighted by Gasteiger charge is -2.29. The highest BCUT2D eigenvalue weighted by atomic mass is 16.6. The second-order valence-electron chi connectivity index (χ2n) is 4.76. The lowest BCUT2D eigenvalue weighted by molar-refractivity contribution is -0.385. The highest BCUT2D eigenvalue weighted by Gasteiger charge is 2.28. The molecule has 0 radical (unpaired) electrons. The number of aromatic nitrogens is 2. The number of nitro groups is 1. The molecule has 0 aliphatic rings. The fourth-order valence-corrected chi connectivity index (χ4v) is 2.02. The minimum Gasteiger partial charge on any atom is -0.383 e. The molecule has 1 atom stereocenters. The SMILES string of the molecule is CCC(C)N(CCOC)c1nc(NC)nc(C)c1[N+](=O)[O-]. The van der Waals surface area contributed by atoms with Crippen LogP contribution in [0.3, 0.4) is 0 Å². The first kappa shape index (κ1) is 17.1. The Kier molecular flexibility index (Phi) is 6.29. The maximum Gasteiger partial charge on any atom is 0.332 e. The molecule has 1 rings (SSSR count). The monoisotopic (exact) mass is 297 g/mol. The topological polar surface area (TPSA) is 93.4 Å². The molecule has 8 nitrogen and oxygen atoms in total. The number of rotatable bonds is 8. The van der Waals surface area contributed by atoms with E-state index in [2.05, 4.69) is 15.3 Å². The number of nitrogens with one attached hydrogen (secondary N) is 1. The average molecular weight is 297 g/mol. The Bertz CT molecular complexity index is 495. The third-order valence-corrected chi connectivity index (χ3v) is 3.38. The van der Waals surface area contributed by atoms with E-state index < -0.39 is 4.92 Å². The van der Waals surface area contributed by atoms with E-state index in [0.29, 0.717) is 30.6 Å². The quantitative estimate of drug-likeness (QED) is 0.579. The molecule has 0 bridgehead atoms. The molecule has 8 heteroatoms. The van der Waals surface area contributed by atoms with E-state index in [9.17, 15) is 10.1 Å². The molecule has 0 aliphatic heterocycles. The summed E-state index contributed by atoms with van der Waals surface area (Å²) in [7, 11) is 3.29. The Morgan fingerprint density at radius 1 is 1.48 bits per heavy atom. The van der Waals surface area contributed by atoms with Gasteiger partial charge in [0.1, 0.15) is 5.69 Å². The van der Waals surface area contributed by atoms with Crippen LogP contribution in [0.1, 0.15) is 26.0 Å². The lowest BCUT2D eigenvalue weighted by atomic mass is 10.2. The van der Waals surface area contributed by atoms with Crippen molar-refractivity contribution >= 4 is 17.5 Å². The molecule has 118 valence electrons. The van der Waals surface area contributed by atoms with Gasteiger partial charge in [-0.15, -0.1) is 0 Å². The molecule has 1 heterocycles. The summed E-state index contributed by atoms with van der Waals surface area (Å²) >= 11 is 0. The van der Waals surface area contributed by atoms with Gasteiger partial charge in [-0.2, -0.15) is 4.98 Å². The number of hydrogen-bond donors (Lipinski definition) is 1. The van der Waals surface area contributed by atoms with Gasteiger partial charge in [0, 0.05) is 26.7 Å². The number of hydrogen-bond acceptors (Lipinski definition) is 7. The van der Waals surface area contributed by atoms with E-state index >= 15 is 0 Å². The van der Waals surface area contributed by atoms with E-state index in [4.69, 9.17) is 4.74 Å². The zero-order chi connectivity index (χ0) is 16.0. The summed E-state index contributed by atoms with van der Waals surface area (Å²) in [5.74, 6) is 0.710. The minimum absolute atomic E-state index is 0.0506. The molecule has 0 amide bonds. The van der Waals surface area contributed by atoms with Crippen LogP contribution in [-0.2, 0) is 4.74 Å². The van der Waals surface area contributed by atoms with Crippen LogP contribution in [0.2, 0.25) is 0 Å². The predicted molar refractivity (Wildman–Crippen MR) is 81.9 cm³/mol. The normalized spacial score (nSPS) is 12.0. The molecule has 1 N–H and O–H groups in total. The molecular weight excluding hydrogens is 274 g/mol. The molecule has 0 saturated heterocycles. The first-order chi connectivity index (χ1) is 9.96. The molecule has 1 aromatic heterocycles. The maximum absolute atomic E-state index is 11.4. The second kappa shape index (κ2) is 7.72. The third kappa shape index (κ3) is 4.01. The Balaban J connectivity index is 3.38. The summed E-state index contributed by atoms with van der Waals surface area (Å²) < 4.78 is 5.11. The Morgan fingerprint density at radius 2 is 2.14 bits per heavy atom. The standard InChI is InChI=1S/C13H23N5O3/c1-6-9(2)17(7-8-21-5)12-11(18(19)20)10(3)15-13(14-4)16-12/h9H,6-8H2,1-5H3,(H,14,15,16). The van der Waals surface area contributed by atoms with Crippen LogP contribution >= 0.6 is 0 Å². The highest BCUT2D eigenvalue weighted by molar-refractivity contribution is 5.62. The van der Waals surface area contributed by atoms with Gasteiger partial charge in [-0.3, -0.25) is 10.1 Å². The summed E-state index contributed by atoms with van der Waals surface area (Å²) in [5.41, 5.74) is 0.297. The number of methoxy groups -OCH3 is 1. The first-order valence-corrected chi connectivity index (χ1v) is 6.92. The number of anilines is 2. The van der Waals surface area contributed by atoms with Gasteiger partial charge in [0.15, 0.2) is 0 Å². The van der Waals surface area contributed by atoms with Gasteiger partial charge >= 0.3 is 5.69 Å². The van der Waals surface area contributed by atoms with Gasteiger partial charge in [0.25, 0.3) is 0 Å². The van der Waals surface area contributed by atoms with Gasteiger partial charge in [0.05, 0.1) is 11.5 Å². The fourth-order valence-electron chi connectivity index (χ4n) is 2.02. The van der Waals surface area contributed by atoms with Crippen molar-refractivity contribution in [2.45, 2.75) is 33.2 Å². The molecule has 1 unspecified atom stereocenters. The Morgan fingerprint density at radius 3 is 2.62 bits per heavy atom. The van der Waals surface area contributed by atoms with Crippen molar-refractivity contribution in [3.05, 3.63) is 15.8 Å². The summed E-state index contributed by atoms with van der Waals surface area (Å²) in [4.78, 5) is 21.3. The molecular formula is C13H23N5O3. The molecule has 0 saturated carbocycles. The van der Waals surface area contributed by atoms with Gasteiger partial charge in [-0.05, 0) is 20.3 Å². The molecule has 0 aromatic carbocycles. The average Bonchev–Trinajstić information content (AvgIpc) is 2.46. The van der Waals surface area contributed by atoms with E-state index in [0.717, 1.165) is 6.42 Å². The molecule has 0 spiro atoms. The van der Waals surface area contributed by atoms with Crippen molar-refractivity contribution in [1.82, 2.24) is 9.97 Å². The zero-order valence-electron chi connectivity index (χ0n) is 13.2. The summed E-state index contributed by atoms with van der Waals surface area (Å²) in [6, 6.07) is 0.109. The first-order valence-electron chi connectivity index (χ1n) is 6.92. The largest absolute Gasteiger partial charge is 0.383 e. The van der Waals surface area contributed by atoms with Crippen LogP contribution in [-0.4, -0.2) is 48.2 Å². The summed E-state index contributed by atoms with van der Waals surface area (Å²) in [5, 5.41) is 14.2. The maximum atomic E-state index is 11.4. The molecule has 0 fully saturated rings. The van der Waals surface area contributed by atoms with Crippen molar-refractivity contribution < 1.29 is 9.66 Å². The Labute approximate surface area is 124 Å². The van der Waals surface area contributed by atoms with Gasteiger partial charge in [-0.25, -0.2) is 4.98 Å². The van der Waals surface area contributed by atoms with Gasteiger partial charge < -0.3 is 15.0 Å². The van der Waals surface area contributed by atoms with Crippen LogP contribution in [0, 0.1) is 17.0 Å². The van der Waals surface area contributed by atoms with Gasteiger partial charge in [0.2, 0.25) is 11.8 Å². The van der Waals surface area contributed by atoms with Gasteiger partial charge in [-0.1, -0.05) is 6.92 Å². The number of aryl methyl sites for hydroxylation is 1. The van der Waals surface area contributed by atoms with Crippen molar-refractivity contribution in [3.8, 4) is 0 Å². The predicted octanol–water partition coefficient (Wildman–Crippen LogP) is 1.99. The lowest BCUT2D eigenvalue weighted by Crippen LogP contribution is -2.37. The highest BCUT2D eigenvalue weighted by Crippen LogP contribution is 2.31. The van der Waals surface area contributed by atoms with E-state index in [1.807, 2.05) is 18.7 Å². The summed E-state index contributed by atoms with van der Waals surface area (Å²) in [6.07, 6.45) is 0.846. The molecule has 0 aliphatic carbocycles. The number of ether oxygens (including phenoxy) is 1. The summed E-state index contributed by atoms with van der Waals surface area (Å²) in [6.45, 7) is 6.67. The van der Waals surface area contributed by atoms with Crippen molar-refractivity contribution in [2.24, 2.45) is 0 Å². The second-order valence-corrected chi connectivity index (χ2v) is 4.76. The van der Waals surface area contributed by atoms with E-state index in [-0.39, 0.29) is 11.7 Å². The molecule has 21 heavy (non-hydrogen) atoms.